The number of thiophene rings is 3. The molecule has 6 heteroatoms. The fraction of sp³-hybridized carbons (Fsp3) is 0. The lowest BCUT2D eigenvalue weighted by molar-refractivity contribution is 1.26. The zero-order valence-electron chi connectivity index (χ0n) is 18.7. The first-order valence-electron chi connectivity index (χ1n) is 11.9. The summed E-state index contributed by atoms with van der Waals surface area (Å²) in [5, 5.41) is 14.8. The van der Waals surface area contributed by atoms with E-state index in [0.29, 0.717) is 0 Å². The van der Waals surface area contributed by atoms with Gasteiger partial charge in [-0.05, 0) is 70.7 Å². The van der Waals surface area contributed by atoms with Crippen molar-refractivity contribution >= 4 is 114 Å². The van der Waals surface area contributed by atoms with Crippen molar-refractivity contribution in [2.45, 2.75) is 0 Å². The molecule has 10 rings (SSSR count). The molecule has 3 nitrogen and oxygen atoms in total. The van der Waals surface area contributed by atoms with E-state index in [1.54, 1.807) is 0 Å². The lowest BCUT2D eigenvalue weighted by atomic mass is 10.00. The van der Waals surface area contributed by atoms with Crippen LogP contribution in [-0.4, -0.2) is 13.2 Å². The lowest BCUT2D eigenvalue weighted by Crippen LogP contribution is -1.99. The average Bonchev–Trinajstić information content (AvgIpc) is 3.73. The van der Waals surface area contributed by atoms with Crippen LogP contribution in [0.15, 0.2) is 89.3 Å². The van der Waals surface area contributed by atoms with E-state index >= 15 is 0 Å². The normalized spacial score (nSPS) is 13.0. The van der Waals surface area contributed by atoms with Crippen LogP contribution in [0.4, 0.5) is 0 Å². The van der Waals surface area contributed by atoms with Gasteiger partial charge in [-0.2, -0.15) is 0 Å². The molecule has 0 fully saturated rings. The van der Waals surface area contributed by atoms with Gasteiger partial charge in [0, 0.05) is 65.0 Å². The molecule has 0 N–H and O–H groups in total. The SMILES string of the molecule is c1cc2c3ccsc3c3c(c4c5sccc5c5cccn5c4c4c5sccc5c5cccn5c34)n2c1. The molecule has 0 amide bonds. The highest BCUT2D eigenvalue weighted by Crippen LogP contribution is 2.49. The van der Waals surface area contributed by atoms with Crippen LogP contribution in [-0.2, 0) is 0 Å². The van der Waals surface area contributed by atoms with Crippen molar-refractivity contribution in [2.75, 3.05) is 0 Å². The zero-order valence-corrected chi connectivity index (χ0v) is 21.2. The predicted molar refractivity (Wildman–Crippen MR) is 158 cm³/mol. The van der Waals surface area contributed by atoms with E-state index in [-0.39, 0.29) is 0 Å². The van der Waals surface area contributed by atoms with Gasteiger partial charge in [-0.15, -0.1) is 34.0 Å². The van der Waals surface area contributed by atoms with Crippen LogP contribution < -0.4 is 0 Å². The maximum Gasteiger partial charge on any atom is 0.0672 e. The Morgan fingerprint density at radius 3 is 1.08 bits per heavy atom. The minimum absolute atomic E-state index is 1.28. The molecule has 0 aliphatic rings. The van der Waals surface area contributed by atoms with E-state index in [1.807, 2.05) is 34.0 Å². The van der Waals surface area contributed by atoms with Gasteiger partial charge in [-0.3, -0.25) is 0 Å². The summed E-state index contributed by atoms with van der Waals surface area (Å²) in [6, 6.07) is 20.2. The molecule has 0 atom stereocenters. The molecule has 9 heterocycles. The fourth-order valence-electron chi connectivity index (χ4n) is 6.58. The molecule has 0 aliphatic carbocycles. The van der Waals surface area contributed by atoms with Crippen molar-refractivity contribution in [1.29, 1.82) is 0 Å². The quantitative estimate of drug-likeness (QED) is 0.179. The third-order valence-electron chi connectivity index (χ3n) is 7.89. The van der Waals surface area contributed by atoms with Gasteiger partial charge >= 0.3 is 0 Å². The topological polar surface area (TPSA) is 13.2 Å². The third-order valence-corrected chi connectivity index (χ3v) is 10.7. The van der Waals surface area contributed by atoms with E-state index in [0.717, 1.165) is 0 Å². The molecular weight excluding hydrogens is 499 g/mol. The standard InChI is InChI=1S/C30H15N3S3/c1-4-19-16-7-13-34-28(16)22-25(31(19)10-1)23-27(33-12-2-5-20(33)17-8-14-35-29(17)23)24-26(22)32-11-3-6-21(32)18-9-15-36-30(18)24/h1-15H. The smallest absolute Gasteiger partial charge is 0.0672 e. The van der Waals surface area contributed by atoms with Gasteiger partial charge < -0.3 is 13.2 Å². The second-order valence-corrected chi connectivity index (χ2v) is 12.2. The number of hydrogen-bond donors (Lipinski definition) is 0. The molecule has 168 valence electrons. The zero-order chi connectivity index (χ0) is 23.1. The molecule has 0 saturated heterocycles. The van der Waals surface area contributed by atoms with Crippen molar-refractivity contribution < 1.29 is 0 Å². The van der Waals surface area contributed by atoms with Gasteiger partial charge in [-0.25, -0.2) is 0 Å². The van der Waals surface area contributed by atoms with Crippen LogP contribution in [0.2, 0.25) is 0 Å². The Bertz CT molecular complexity index is 2050. The molecule has 0 saturated carbocycles. The summed E-state index contributed by atoms with van der Waals surface area (Å²) >= 11 is 5.59. The summed E-state index contributed by atoms with van der Waals surface area (Å²) in [7, 11) is 0. The van der Waals surface area contributed by atoms with Gasteiger partial charge in [-0.1, -0.05) is 0 Å². The average molecular weight is 514 g/mol. The summed E-state index contributed by atoms with van der Waals surface area (Å²) in [6.07, 6.45) is 6.74. The van der Waals surface area contributed by atoms with Crippen LogP contribution in [0.25, 0.3) is 79.5 Å². The summed E-state index contributed by atoms with van der Waals surface area (Å²) in [6.45, 7) is 0. The van der Waals surface area contributed by atoms with Gasteiger partial charge in [0.25, 0.3) is 0 Å². The van der Waals surface area contributed by atoms with Crippen LogP contribution in [0, 0.1) is 0 Å². The maximum absolute atomic E-state index is 2.44. The van der Waals surface area contributed by atoms with Crippen molar-refractivity contribution in [1.82, 2.24) is 13.2 Å². The first-order chi connectivity index (χ1) is 17.9. The van der Waals surface area contributed by atoms with E-state index in [4.69, 9.17) is 0 Å². The number of nitrogens with zero attached hydrogens (tertiary/aromatic N) is 3. The Hall–Kier alpha value is -3.84. The second kappa shape index (κ2) is 6.10. The summed E-state index contributed by atoms with van der Waals surface area (Å²) in [5.41, 5.74) is 7.75. The van der Waals surface area contributed by atoms with Gasteiger partial charge in [0.1, 0.15) is 0 Å². The van der Waals surface area contributed by atoms with Crippen molar-refractivity contribution in [3.8, 4) is 0 Å². The monoisotopic (exact) mass is 513 g/mol. The number of fused-ring (bicyclic) bond motifs is 21. The van der Waals surface area contributed by atoms with Crippen LogP contribution >= 0.6 is 34.0 Å². The molecule has 36 heavy (non-hydrogen) atoms. The summed E-state index contributed by atoms with van der Waals surface area (Å²) < 4.78 is 11.4. The second-order valence-electron chi connectivity index (χ2n) is 9.45. The molecule has 0 aliphatic heterocycles. The minimum atomic E-state index is 1.28. The minimum Gasteiger partial charge on any atom is -0.315 e. The van der Waals surface area contributed by atoms with Gasteiger partial charge in [0.05, 0.1) is 33.1 Å². The fourth-order valence-corrected chi connectivity index (χ4v) is 9.43. The molecule has 0 radical (unpaired) electrons. The van der Waals surface area contributed by atoms with E-state index in [9.17, 15) is 0 Å². The molecule has 0 bridgehead atoms. The summed E-state index contributed by atoms with van der Waals surface area (Å²) in [5.74, 6) is 0. The lowest BCUT2D eigenvalue weighted by Gasteiger charge is -2.18. The Labute approximate surface area is 215 Å². The largest absolute Gasteiger partial charge is 0.315 e. The van der Waals surface area contributed by atoms with Crippen LogP contribution in [0.3, 0.4) is 0 Å². The van der Waals surface area contributed by atoms with E-state index in [1.165, 1.54) is 79.5 Å². The molecule has 1 aromatic carbocycles. The van der Waals surface area contributed by atoms with Crippen molar-refractivity contribution in [3.63, 3.8) is 0 Å². The Balaban J connectivity index is 1.78. The Kier molecular flexibility index (Phi) is 3.12. The molecule has 0 spiro atoms. The third kappa shape index (κ3) is 1.90. The highest BCUT2D eigenvalue weighted by molar-refractivity contribution is 7.20. The van der Waals surface area contributed by atoms with E-state index < -0.39 is 0 Å². The van der Waals surface area contributed by atoms with Crippen LogP contribution in [0.5, 0.6) is 0 Å². The Morgan fingerprint density at radius 1 is 0.417 bits per heavy atom. The number of rotatable bonds is 0. The molecular formula is C30H15N3S3. The number of aromatic nitrogens is 3. The first kappa shape index (κ1) is 18.4. The van der Waals surface area contributed by atoms with Crippen LogP contribution in [0.1, 0.15) is 0 Å². The number of benzene rings is 1. The van der Waals surface area contributed by atoms with E-state index in [2.05, 4.69) is 103 Å². The van der Waals surface area contributed by atoms with Gasteiger partial charge in [0.2, 0.25) is 0 Å². The Morgan fingerprint density at radius 2 is 0.750 bits per heavy atom. The number of pyridine rings is 3. The summed E-state index contributed by atoms with van der Waals surface area (Å²) in [4.78, 5) is 0. The highest BCUT2D eigenvalue weighted by Gasteiger charge is 2.24. The van der Waals surface area contributed by atoms with Gasteiger partial charge in [0.15, 0.2) is 0 Å². The maximum atomic E-state index is 2.44. The van der Waals surface area contributed by atoms with Crippen molar-refractivity contribution in [3.05, 3.63) is 89.3 Å². The predicted octanol–water partition coefficient (Wildman–Crippen LogP) is 9.55. The number of hydrogen-bond acceptors (Lipinski definition) is 3. The highest BCUT2D eigenvalue weighted by atomic mass is 32.1. The molecule has 9 aromatic heterocycles. The molecule has 10 aromatic rings. The molecule has 0 unspecified atom stereocenters. The van der Waals surface area contributed by atoms with Crippen molar-refractivity contribution in [2.24, 2.45) is 0 Å². The first-order valence-corrected chi connectivity index (χ1v) is 14.6.